The molecule has 0 aliphatic heterocycles. The minimum atomic E-state index is 0.560. The SMILES string of the molecule is Cc1sc(=NNC=O)n(C)c1C. The molecule has 0 saturated heterocycles. The van der Waals surface area contributed by atoms with E-state index < -0.39 is 0 Å². The second-order valence-corrected chi connectivity index (χ2v) is 3.63. The fraction of sp³-hybridized carbons (Fsp3) is 0.429. The number of thiazole rings is 1. The van der Waals surface area contributed by atoms with Gasteiger partial charge in [-0.25, -0.2) is 5.43 Å². The molecule has 1 N–H and O–H groups in total. The second-order valence-electron chi connectivity index (χ2n) is 2.44. The molecular weight excluding hydrogens is 174 g/mol. The molecule has 0 aromatic carbocycles. The predicted molar refractivity (Wildman–Crippen MR) is 47.5 cm³/mol. The van der Waals surface area contributed by atoms with Gasteiger partial charge in [-0.05, 0) is 13.8 Å². The van der Waals surface area contributed by atoms with E-state index in [2.05, 4.69) is 10.5 Å². The Morgan fingerprint density at radius 3 is 2.67 bits per heavy atom. The molecule has 0 radical (unpaired) electrons. The van der Waals surface area contributed by atoms with Crippen LogP contribution >= 0.6 is 11.3 Å². The molecule has 5 heteroatoms. The minimum absolute atomic E-state index is 0.560. The fourth-order valence-corrected chi connectivity index (χ4v) is 1.77. The molecule has 66 valence electrons. The van der Waals surface area contributed by atoms with E-state index in [1.54, 1.807) is 11.3 Å². The smallest absolute Gasteiger partial charge is 0.227 e. The molecule has 1 rings (SSSR count). The maximum atomic E-state index is 9.97. The largest absolute Gasteiger partial charge is 0.323 e. The van der Waals surface area contributed by atoms with E-state index in [0.717, 1.165) is 4.80 Å². The summed E-state index contributed by atoms with van der Waals surface area (Å²) in [6.45, 7) is 4.05. The predicted octanol–water partition coefficient (Wildman–Crippen LogP) is 0.265. The summed E-state index contributed by atoms with van der Waals surface area (Å²) in [6, 6.07) is 0. The molecule has 0 unspecified atom stereocenters. The van der Waals surface area contributed by atoms with Gasteiger partial charge >= 0.3 is 0 Å². The summed E-state index contributed by atoms with van der Waals surface area (Å²) in [5.41, 5.74) is 3.45. The lowest BCUT2D eigenvalue weighted by Crippen LogP contribution is -2.16. The van der Waals surface area contributed by atoms with Crippen molar-refractivity contribution >= 4 is 17.7 Å². The molecule has 0 aliphatic carbocycles. The van der Waals surface area contributed by atoms with Crippen molar-refractivity contribution in [1.82, 2.24) is 9.99 Å². The van der Waals surface area contributed by atoms with Crippen LogP contribution in [0.4, 0.5) is 0 Å². The van der Waals surface area contributed by atoms with Crippen LogP contribution in [-0.2, 0) is 11.8 Å². The van der Waals surface area contributed by atoms with Gasteiger partial charge in [0.2, 0.25) is 11.2 Å². The van der Waals surface area contributed by atoms with Crippen molar-refractivity contribution in [3.63, 3.8) is 0 Å². The Morgan fingerprint density at radius 2 is 2.25 bits per heavy atom. The first kappa shape index (κ1) is 8.99. The number of hydrogen-bond acceptors (Lipinski definition) is 3. The summed E-state index contributed by atoms with van der Waals surface area (Å²) in [5, 5.41) is 3.87. The third-order valence-corrected chi connectivity index (χ3v) is 2.91. The molecule has 4 nitrogen and oxygen atoms in total. The van der Waals surface area contributed by atoms with E-state index in [-0.39, 0.29) is 0 Å². The van der Waals surface area contributed by atoms with Crippen LogP contribution in [0.3, 0.4) is 0 Å². The van der Waals surface area contributed by atoms with Crippen LogP contribution in [0.15, 0.2) is 5.10 Å². The van der Waals surface area contributed by atoms with Gasteiger partial charge in [0.15, 0.2) is 0 Å². The molecule has 0 spiro atoms. The zero-order valence-electron chi connectivity index (χ0n) is 7.29. The van der Waals surface area contributed by atoms with E-state index in [1.165, 1.54) is 10.6 Å². The fourth-order valence-electron chi connectivity index (χ4n) is 0.838. The van der Waals surface area contributed by atoms with E-state index in [0.29, 0.717) is 6.41 Å². The number of aromatic nitrogens is 1. The zero-order valence-corrected chi connectivity index (χ0v) is 8.10. The number of hydrogen-bond donors (Lipinski definition) is 1. The van der Waals surface area contributed by atoms with Crippen LogP contribution < -0.4 is 10.2 Å². The lowest BCUT2D eigenvalue weighted by Gasteiger charge is -1.93. The normalized spacial score (nSPS) is 11.8. The number of carbonyl (C=O) groups excluding carboxylic acids is 1. The molecule has 1 aromatic rings. The molecule has 0 bridgehead atoms. The van der Waals surface area contributed by atoms with Gasteiger partial charge in [-0.15, -0.1) is 16.4 Å². The van der Waals surface area contributed by atoms with Gasteiger partial charge in [-0.3, -0.25) is 4.79 Å². The van der Waals surface area contributed by atoms with Crippen molar-refractivity contribution in [2.75, 3.05) is 0 Å². The van der Waals surface area contributed by atoms with E-state index in [1.807, 2.05) is 25.5 Å². The number of nitrogens with zero attached hydrogens (tertiary/aromatic N) is 2. The van der Waals surface area contributed by atoms with Gasteiger partial charge in [0, 0.05) is 17.6 Å². The highest BCUT2D eigenvalue weighted by Gasteiger charge is 2.00. The van der Waals surface area contributed by atoms with E-state index in [9.17, 15) is 4.79 Å². The average molecular weight is 185 g/mol. The maximum absolute atomic E-state index is 9.97. The Bertz CT molecular complexity index is 350. The molecule has 0 atom stereocenters. The van der Waals surface area contributed by atoms with Gasteiger partial charge in [-0.2, -0.15) is 0 Å². The zero-order chi connectivity index (χ0) is 9.14. The van der Waals surface area contributed by atoms with Crippen LogP contribution in [0.2, 0.25) is 0 Å². The van der Waals surface area contributed by atoms with Gasteiger partial charge in [0.25, 0.3) is 0 Å². The van der Waals surface area contributed by atoms with Crippen molar-refractivity contribution in [1.29, 1.82) is 0 Å². The lowest BCUT2D eigenvalue weighted by atomic mass is 10.4. The summed E-state index contributed by atoms with van der Waals surface area (Å²) in [5.74, 6) is 0. The van der Waals surface area contributed by atoms with Crippen molar-refractivity contribution in [3.8, 4) is 0 Å². The quantitative estimate of drug-likeness (QED) is 0.521. The monoisotopic (exact) mass is 185 g/mol. The summed E-state index contributed by atoms with van der Waals surface area (Å²) in [4.78, 5) is 12.0. The summed E-state index contributed by atoms with van der Waals surface area (Å²) in [7, 11) is 1.92. The Labute approximate surface area is 74.5 Å². The molecule has 0 aliphatic rings. The van der Waals surface area contributed by atoms with E-state index >= 15 is 0 Å². The highest BCUT2D eigenvalue weighted by atomic mass is 32.1. The summed E-state index contributed by atoms with van der Waals surface area (Å²) >= 11 is 1.56. The van der Waals surface area contributed by atoms with E-state index in [4.69, 9.17) is 0 Å². The third kappa shape index (κ3) is 1.55. The Kier molecular flexibility index (Phi) is 2.65. The van der Waals surface area contributed by atoms with Crippen molar-refractivity contribution in [2.24, 2.45) is 12.1 Å². The standard InChI is InChI=1S/C7H11N3OS/c1-5-6(2)12-7(10(5)3)9-8-4-11/h4H,1-3H3,(H,8,11). The molecule has 1 aromatic heterocycles. The number of nitrogens with one attached hydrogen (secondary N) is 1. The van der Waals surface area contributed by atoms with Gasteiger partial charge in [0.05, 0.1) is 0 Å². The number of amides is 1. The molecule has 12 heavy (non-hydrogen) atoms. The molecular formula is C7H11N3OS. The van der Waals surface area contributed by atoms with Crippen LogP contribution in [0.1, 0.15) is 10.6 Å². The summed E-state index contributed by atoms with van der Waals surface area (Å²) in [6.07, 6.45) is 0.560. The van der Waals surface area contributed by atoms with Crippen molar-refractivity contribution in [3.05, 3.63) is 15.4 Å². The first-order valence-electron chi connectivity index (χ1n) is 3.52. The van der Waals surface area contributed by atoms with Gasteiger partial charge < -0.3 is 4.57 Å². The first-order chi connectivity index (χ1) is 5.66. The van der Waals surface area contributed by atoms with Gasteiger partial charge in [0.1, 0.15) is 0 Å². The second kappa shape index (κ2) is 3.53. The number of aryl methyl sites for hydroxylation is 1. The highest BCUT2D eigenvalue weighted by Crippen LogP contribution is 2.06. The Balaban J connectivity index is 3.17. The molecule has 1 amide bonds. The summed E-state index contributed by atoms with van der Waals surface area (Å²) < 4.78 is 1.94. The van der Waals surface area contributed by atoms with Gasteiger partial charge in [-0.1, -0.05) is 0 Å². The minimum Gasteiger partial charge on any atom is -0.323 e. The first-order valence-corrected chi connectivity index (χ1v) is 4.34. The topological polar surface area (TPSA) is 46.4 Å². The number of rotatable bonds is 2. The van der Waals surface area contributed by atoms with Crippen LogP contribution in [0, 0.1) is 13.8 Å². The molecule has 0 fully saturated rings. The number of carbonyl (C=O) groups is 1. The average Bonchev–Trinajstić information content (AvgIpc) is 2.30. The Hall–Kier alpha value is -1.10. The highest BCUT2D eigenvalue weighted by molar-refractivity contribution is 7.09. The van der Waals surface area contributed by atoms with Crippen LogP contribution in [-0.4, -0.2) is 11.0 Å². The van der Waals surface area contributed by atoms with Crippen molar-refractivity contribution < 1.29 is 4.79 Å². The Morgan fingerprint density at radius 1 is 1.58 bits per heavy atom. The van der Waals surface area contributed by atoms with Crippen LogP contribution in [0.25, 0.3) is 0 Å². The van der Waals surface area contributed by atoms with Crippen molar-refractivity contribution in [2.45, 2.75) is 13.8 Å². The third-order valence-electron chi connectivity index (χ3n) is 1.76. The molecule has 1 heterocycles. The lowest BCUT2D eigenvalue weighted by molar-refractivity contribution is -0.109. The maximum Gasteiger partial charge on any atom is 0.227 e. The van der Waals surface area contributed by atoms with Crippen LogP contribution in [0.5, 0.6) is 0 Å². The molecule has 0 saturated carbocycles.